The highest BCUT2D eigenvalue weighted by Gasteiger charge is 2.40. The van der Waals surface area contributed by atoms with Crippen molar-refractivity contribution in [3.8, 4) is 11.1 Å². The third-order valence-electron chi connectivity index (χ3n) is 7.14. The number of fused-ring (bicyclic) bond motifs is 4. The van der Waals surface area contributed by atoms with E-state index in [1.165, 1.54) is 12.1 Å². The fourth-order valence-corrected chi connectivity index (χ4v) is 5.23. The summed E-state index contributed by atoms with van der Waals surface area (Å²) in [5, 5.41) is 3.01. The van der Waals surface area contributed by atoms with Crippen molar-refractivity contribution < 1.29 is 28.8 Å². The van der Waals surface area contributed by atoms with Gasteiger partial charge in [0, 0.05) is 12.3 Å². The van der Waals surface area contributed by atoms with Gasteiger partial charge in [0.05, 0.1) is 11.1 Å². The zero-order valence-electron chi connectivity index (χ0n) is 21.3. The predicted octanol–water partition coefficient (Wildman–Crippen LogP) is 4.89. The molecule has 0 fully saturated rings. The number of hydroxylamine groups is 2. The highest BCUT2D eigenvalue weighted by molar-refractivity contribution is 6.21. The van der Waals surface area contributed by atoms with Crippen molar-refractivity contribution in [2.24, 2.45) is 0 Å². The van der Waals surface area contributed by atoms with Gasteiger partial charge in [-0.1, -0.05) is 96.1 Å². The van der Waals surface area contributed by atoms with E-state index >= 15 is 0 Å². The van der Waals surface area contributed by atoms with E-state index in [2.05, 4.69) is 5.32 Å². The summed E-state index contributed by atoms with van der Waals surface area (Å²) in [6.07, 6.45) is -0.755. The summed E-state index contributed by atoms with van der Waals surface area (Å²) < 4.78 is 5.62. The SMILES string of the molecule is O=C(N[C@H](Cc1ccccc1)C(=O)ON1C(=O)c2ccccc2C1=O)OCC1c2ccccc2-c2ccccc21. The van der Waals surface area contributed by atoms with Gasteiger partial charge in [0.15, 0.2) is 0 Å². The minimum absolute atomic E-state index is 0.0609. The largest absolute Gasteiger partial charge is 0.449 e. The molecular weight excluding hydrogens is 508 g/mol. The van der Waals surface area contributed by atoms with Gasteiger partial charge in [-0.05, 0) is 39.9 Å². The number of carbonyl (C=O) groups is 4. The van der Waals surface area contributed by atoms with Crippen LogP contribution in [0.1, 0.15) is 43.3 Å². The lowest BCUT2D eigenvalue weighted by Crippen LogP contribution is -2.47. The predicted molar refractivity (Wildman–Crippen MR) is 145 cm³/mol. The summed E-state index contributed by atoms with van der Waals surface area (Å²) in [5.74, 6) is -2.61. The summed E-state index contributed by atoms with van der Waals surface area (Å²) >= 11 is 0. The number of amides is 3. The van der Waals surface area contributed by atoms with E-state index in [1.54, 1.807) is 36.4 Å². The average Bonchev–Trinajstić information content (AvgIpc) is 3.43. The Morgan fingerprint density at radius 2 is 1.20 bits per heavy atom. The molecule has 8 heteroatoms. The molecular formula is C32H24N2O6. The maximum absolute atomic E-state index is 13.2. The van der Waals surface area contributed by atoms with Crippen LogP contribution < -0.4 is 5.32 Å². The smallest absolute Gasteiger partial charge is 0.407 e. The number of ether oxygens (including phenoxy) is 1. The van der Waals surface area contributed by atoms with Gasteiger partial charge in [-0.15, -0.1) is 0 Å². The molecule has 0 saturated carbocycles. The number of nitrogens with zero attached hydrogens (tertiary/aromatic N) is 1. The quantitative estimate of drug-likeness (QED) is 0.340. The van der Waals surface area contributed by atoms with E-state index in [9.17, 15) is 19.2 Å². The Hall–Kier alpha value is -5.24. The Morgan fingerprint density at radius 1 is 0.700 bits per heavy atom. The Bertz CT molecular complexity index is 1550. The monoisotopic (exact) mass is 532 g/mol. The van der Waals surface area contributed by atoms with Gasteiger partial charge in [0.2, 0.25) is 0 Å². The van der Waals surface area contributed by atoms with Gasteiger partial charge >= 0.3 is 12.1 Å². The van der Waals surface area contributed by atoms with Gasteiger partial charge in [-0.2, -0.15) is 0 Å². The van der Waals surface area contributed by atoms with Crippen LogP contribution in [0.5, 0.6) is 0 Å². The number of hydrogen-bond donors (Lipinski definition) is 1. The fourth-order valence-electron chi connectivity index (χ4n) is 5.23. The molecule has 8 nitrogen and oxygen atoms in total. The fraction of sp³-hybridized carbons (Fsp3) is 0.125. The van der Waals surface area contributed by atoms with Crippen LogP contribution in [-0.2, 0) is 20.8 Å². The maximum atomic E-state index is 13.2. The van der Waals surface area contributed by atoms with Crippen LogP contribution in [0.15, 0.2) is 103 Å². The number of alkyl carbamates (subject to hydrolysis) is 1. The summed E-state index contributed by atoms with van der Waals surface area (Å²) in [5.41, 5.74) is 5.33. The average molecular weight is 533 g/mol. The van der Waals surface area contributed by atoms with E-state index in [4.69, 9.17) is 9.57 Å². The van der Waals surface area contributed by atoms with Gasteiger partial charge in [0.25, 0.3) is 11.8 Å². The van der Waals surface area contributed by atoms with Gasteiger partial charge in [-0.3, -0.25) is 9.59 Å². The van der Waals surface area contributed by atoms with Crippen LogP contribution >= 0.6 is 0 Å². The van der Waals surface area contributed by atoms with Gasteiger partial charge < -0.3 is 14.9 Å². The normalized spacial score (nSPS) is 14.2. The second-order valence-electron chi connectivity index (χ2n) is 9.57. The number of carbonyl (C=O) groups excluding carboxylic acids is 4. The zero-order valence-corrected chi connectivity index (χ0v) is 21.3. The Morgan fingerprint density at radius 3 is 1.77 bits per heavy atom. The lowest BCUT2D eigenvalue weighted by Gasteiger charge is -2.21. The Balaban J connectivity index is 1.17. The van der Waals surface area contributed by atoms with E-state index in [0.717, 1.165) is 27.8 Å². The van der Waals surface area contributed by atoms with Crippen molar-refractivity contribution >= 4 is 23.9 Å². The molecule has 4 aromatic rings. The molecule has 1 aliphatic carbocycles. The second-order valence-corrected chi connectivity index (χ2v) is 9.57. The number of rotatable bonds is 7. The standard InChI is InChI=1S/C32H24N2O6/c35-29-25-16-8-9-17-26(25)30(36)34(29)40-31(37)28(18-20-10-2-1-3-11-20)33-32(38)39-19-27-23-14-6-4-12-21(23)22-13-5-7-15-24(22)27/h1-17,27-28H,18-19H2,(H,33,38)/t28-/m1/s1. The summed E-state index contributed by atoms with van der Waals surface area (Å²) in [4.78, 5) is 56.9. The van der Waals surface area contributed by atoms with Crippen LogP contribution in [-0.4, -0.2) is 41.6 Å². The molecule has 0 saturated heterocycles. The van der Waals surface area contributed by atoms with Gasteiger partial charge in [0.1, 0.15) is 12.6 Å². The molecule has 1 N–H and O–H groups in total. The molecule has 0 bridgehead atoms. The van der Waals surface area contributed by atoms with E-state index in [1.807, 2.05) is 54.6 Å². The van der Waals surface area contributed by atoms with Crippen molar-refractivity contribution in [3.63, 3.8) is 0 Å². The topological polar surface area (TPSA) is 102 Å². The van der Waals surface area contributed by atoms with Crippen LogP contribution in [0.25, 0.3) is 11.1 Å². The van der Waals surface area contributed by atoms with Crippen LogP contribution in [0.4, 0.5) is 4.79 Å². The van der Waals surface area contributed by atoms with Crippen LogP contribution in [0, 0.1) is 0 Å². The molecule has 2 aliphatic rings. The molecule has 1 aliphatic heterocycles. The lowest BCUT2D eigenvalue weighted by atomic mass is 9.98. The van der Waals surface area contributed by atoms with Crippen LogP contribution in [0.3, 0.4) is 0 Å². The molecule has 0 radical (unpaired) electrons. The first-order valence-corrected chi connectivity index (χ1v) is 12.9. The lowest BCUT2D eigenvalue weighted by molar-refractivity contribution is -0.171. The third-order valence-corrected chi connectivity index (χ3v) is 7.14. The number of hydrogen-bond acceptors (Lipinski definition) is 6. The summed E-state index contributed by atoms with van der Waals surface area (Å²) in [6, 6.07) is 29.9. The number of benzene rings is 4. The molecule has 0 spiro atoms. The highest BCUT2D eigenvalue weighted by Crippen LogP contribution is 2.44. The van der Waals surface area contributed by atoms with Crippen molar-refractivity contribution in [1.82, 2.24) is 10.4 Å². The molecule has 1 atom stereocenters. The van der Waals surface area contributed by atoms with Crippen molar-refractivity contribution in [2.75, 3.05) is 6.61 Å². The third kappa shape index (κ3) is 4.60. The minimum atomic E-state index is -1.22. The summed E-state index contributed by atoms with van der Waals surface area (Å²) in [6.45, 7) is 0.0609. The molecule has 0 unspecified atom stereocenters. The number of imide groups is 1. The maximum Gasteiger partial charge on any atom is 0.407 e. The van der Waals surface area contributed by atoms with E-state index < -0.39 is 29.9 Å². The second kappa shape index (κ2) is 10.5. The molecule has 198 valence electrons. The highest BCUT2D eigenvalue weighted by atomic mass is 16.7. The van der Waals surface area contributed by atoms with Crippen molar-refractivity contribution in [1.29, 1.82) is 0 Å². The van der Waals surface area contributed by atoms with E-state index in [-0.39, 0.29) is 30.1 Å². The molecule has 4 aromatic carbocycles. The Labute approximate surface area is 230 Å². The Kier molecular flexibility index (Phi) is 6.57. The zero-order chi connectivity index (χ0) is 27.6. The van der Waals surface area contributed by atoms with Gasteiger partial charge in [-0.25, -0.2) is 9.59 Å². The first-order valence-electron chi connectivity index (χ1n) is 12.9. The molecule has 1 heterocycles. The molecule has 0 aromatic heterocycles. The molecule has 3 amide bonds. The number of nitrogens with one attached hydrogen (secondary N) is 1. The van der Waals surface area contributed by atoms with Crippen molar-refractivity contribution in [2.45, 2.75) is 18.4 Å². The first-order chi connectivity index (χ1) is 19.5. The molecule has 40 heavy (non-hydrogen) atoms. The van der Waals surface area contributed by atoms with Crippen LogP contribution in [0.2, 0.25) is 0 Å². The first kappa shape index (κ1) is 25.1. The van der Waals surface area contributed by atoms with Crippen molar-refractivity contribution in [3.05, 3.63) is 131 Å². The summed E-state index contributed by atoms with van der Waals surface area (Å²) in [7, 11) is 0. The molecule has 6 rings (SSSR count). The minimum Gasteiger partial charge on any atom is -0.449 e. The van der Waals surface area contributed by atoms with E-state index in [0.29, 0.717) is 5.06 Å².